The van der Waals surface area contributed by atoms with Crippen LogP contribution in [0.1, 0.15) is 41.3 Å². The molecule has 2 amide bonds. The summed E-state index contributed by atoms with van der Waals surface area (Å²) in [4.78, 5) is 27.7. The van der Waals surface area contributed by atoms with E-state index in [9.17, 15) is 19.8 Å². The molecule has 1 aromatic heterocycles. The number of pyridine rings is 1. The third-order valence-corrected chi connectivity index (χ3v) is 5.91. The second kappa shape index (κ2) is 10.0. The summed E-state index contributed by atoms with van der Waals surface area (Å²) < 4.78 is 5.46. The second-order valence-corrected chi connectivity index (χ2v) is 8.27. The Bertz CT molecular complexity index is 1170. The summed E-state index contributed by atoms with van der Waals surface area (Å²) in [5.41, 5.74) is 5.35. The molecule has 2 atom stereocenters. The highest BCUT2D eigenvalue weighted by Gasteiger charge is 2.29. The van der Waals surface area contributed by atoms with Crippen LogP contribution >= 0.6 is 0 Å². The van der Waals surface area contributed by atoms with Crippen molar-refractivity contribution >= 4 is 17.8 Å². The van der Waals surface area contributed by atoms with Crippen LogP contribution in [-0.2, 0) is 9.53 Å². The van der Waals surface area contributed by atoms with E-state index < -0.39 is 18.3 Å². The lowest BCUT2D eigenvalue weighted by molar-refractivity contribution is -0.114. The first-order valence-electron chi connectivity index (χ1n) is 11.0. The van der Waals surface area contributed by atoms with Crippen LogP contribution in [0.15, 0.2) is 60.7 Å². The van der Waals surface area contributed by atoms with Gasteiger partial charge < -0.3 is 25.6 Å². The first-order valence-corrected chi connectivity index (χ1v) is 11.0. The molecule has 0 saturated heterocycles. The largest absolute Gasteiger partial charge is 0.449 e. The highest BCUT2D eigenvalue weighted by Crippen LogP contribution is 2.44. The number of nitrogens with one attached hydrogen (secondary N) is 2. The Labute approximate surface area is 197 Å². The Morgan fingerprint density at radius 3 is 2.21 bits per heavy atom. The van der Waals surface area contributed by atoms with Crippen LogP contribution < -0.4 is 10.6 Å². The van der Waals surface area contributed by atoms with Gasteiger partial charge in [0.15, 0.2) is 0 Å². The van der Waals surface area contributed by atoms with Crippen molar-refractivity contribution in [2.24, 2.45) is 0 Å². The van der Waals surface area contributed by atoms with Crippen molar-refractivity contribution in [3.05, 3.63) is 83.0 Å². The normalized spacial score (nSPS) is 14.0. The Kier molecular flexibility index (Phi) is 6.90. The average Bonchev–Trinajstić information content (AvgIpc) is 3.14. The summed E-state index contributed by atoms with van der Waals surface area (Å²) in [5, 5.41) is 26.0. The molecule has 0 fully saturated rings. The zero-order valence-corrected chi connectivity index (χ0v) is 19.0. The van der Waals surface area contributed by atoms with Gasteiger partial charge in [-0.1, -0.05) is 54.6 Å². The van der Waals surface area contributed by atoms with Gasteiger partial charge in [-0.2, -0.15) is 0 Å². The van der Waals surface area contributed by atoms with Crippen molar-refractivity contribution in [3.8, 4) is 11.1 Å². The van der Waals surface area contributed by atoms with Crippen molar-refractivity contribution in [2.45, 2.75) is 32.0 Å². The van der Waals surface area contributed by atoms with Gasteiger partial charge in [0.2, 0.25) is 5.91 Å². The van der Waals surface area contributed by atoms with Gasteiger partial charge in [0.25, 0.3) is 0 Å². The van der Waals surface area contributed by atoms with Gasteiger partial charge in [-0.15, -0.1) is 0 Å². The summed E-state index contributed by atoms with van der Waals surface area (Å²) in [5.74, 6) is 0.0317. The number of benzene rings is 2. The molecular formula is C26H27N3O5. The summed E-state index contributed by atoms with van der Waals surface area (Å²) in [7, 11) is 0. The van der Waals surface area contributed by atoms with Crippen molar-refractivity contribution in [1.82, 2.24) is 10.3 Å². The molecule has 0 spiro atoms. The van der Waals surface area contributed by atoms with E-state index in [1.807, 2.05) is 36.4 Å². The van der Waals surface area contributed by atoms with Crippen molar-refractivity contribution in [3.63, 3.8) is 0 Å². The summed E-state index contributed by atoms with van der Waals surface area (Å²) in [6.45, 7) is 2.99. The van der Waals surface area contributed by atoms with Gasteiger partial charge in [-0.3, -0.25) is 4.79 Å². The van der Waals surface area contributed by atoms with E-state index in [0.29, 0.717) is 17.1 Å². The number of carbonyl (C=O) groups is 2. The number of ether oxygens (including phenoxy) is 1. The summed E-state index contributed by atoms with van der Waals surface area (Å²) >= 11 is 0. The number of aromatic nitrogens is 1. The number of amides is 2. The number of aliphatic hydroxyl groups is 2. The monoisotopic (exact) mass is 461 g/mol. The fourth-order valence-corrected chi connectivity index (χ4v) is 4.29. The van der Waals surface area contributed by atoms with Crippen LogP contribution in [0.4, 0.5) is 10.6 Å². The Morgan fingerprint density at radius 2 is 1.62 bits per heavy atom. The average molecular weight is 462 g/mol. The topological polar surface area (TPSA) is 121 Å². The molecule has 4 N–H and O–H groups in total. The quantitative estimate of drug-likeness (QED) is 0.429. The van der Waals surface area contributed by atoms with E-state index in [4.69, 9.17) is 4.74 Å². The van der Waals surface area contributed by atoms with Gasteiger partial charge in [0.1, 0.15) is 24.6 Å². The zero-order valence-electron chi connectivity index (χ0n) is 19.0. The Morgan fingerprint density at radius 1 is 1.00 bits per heavy atom. The van der Waals surface area contributed by atoms with Crippen molar-refractivity contribution in [1.29, 1.82) is 0 Å². The third kappa shape index (κ3) is 4.93. The predicted octanol–water partition coefficient (Wildman–Crippen LogP) is 3.28. The molecule has 1 aliphatic rings. The van der Waals surface area contributed by atoms with Crippen LogP contribution in [0.3, 0.4) is 0 Å². The Balaban J connectivity index is 1.33. The van der Waals surface area contributed by atoms with Crippen molar-refractivity contribution in [2.75, 3.05) is 18.5 Å². The van der Waals surface area contributed by atoms with Gasteiger partial charge >= 0.3 is 6.09 Å². The first kappa shape index (κ1) is 23.4. The molecule has 2 aromatic carbocycles. The van der Waals surface area contributed by atoms with Crippen molar-refractivity contribution < 1.29 is 24.5 Å². The molecule has 0 bridgehead atoms. The van der Waals surface area contributed by atoms with Crippen LogP contribution in [0.2, 0.25) is 0 Å². The number of hydrogen-bond acceptors (Lipinski definition) is 6. The van der Waals surface area contributed by atoms with E-state index in [1.165, 1.54) is 6.92 Å². The fraction of sp³-hybridized carbons (Fsp3) is 0.269. The third-order valence-electron chi connectivity index (χ3n) is 5.91. The highest BCUT2D eigenvalue weighted by atomic mass is 16.5. The fourth-order valence-electron chi connectivity index (χ4n) is 4.29. The first-order chi connectivity index (χ1) is 16.3. The van der Waals surface area contributed by atoms with Crippen LogP contribution in [0.5, 0.6) is 0 Å². The minimum absolute atomic E-state index is 0.0653. The van der Waals surface area contributed by atoms with Crippen LogP contribution in [-0.4, -0.2) is 46.5 Å². The van der Waals surface area contributed by atoms with E-state index in [-0.39, 0.29) is 25.0 Å². The number of anilines is 1. The summed E-state index contributed by atoms with van der Waals surface area (Å²) in [6, 6.07) is 19.2. The van der Waals surface area contributed by atoms with Gasteiger partial charge in [0, 0.05) is 30.6 Å². The van der Waals surface area contributed by atoms with Gasteiger partial charge in [-0.05, 0) is 35.2 Å². The van der Waals surface area contributed by atoms with Gasteiger partial charge in [-0.25, -0.2) is 9.78 Å². The lowest BCUT2D eigenvalue weighted by atomic mass is 9.98. The SMILES string of the molecule is CC(=O)Nc1ccc(C(O)C(O)CNC(=O)OCC2c3ccccc3-c3ccccc32)c(C)n1. The lowest BCUT2D eigenvalue weighted by Gasteiger charge is -2.20. The molecule has 176 valence electrons. The van der Waals surface area contributed by atoms with E-state index in [1.54, 1.807) is 19.1 Å². The van der Waals surface area contributed by atoms with Gasteiger partial charge in [0.05, 0.1) is 0 Å². The molecule has 1 aliphatic carbocycles. The molecule has 4 rings (SSSR count). The minimum atomic E-state index is -1.27. The van der Waals surface area contributed by atoms with Crippen LogP contribution in [0.25, 0.3) is 11.1 Å². The number of alkyl carbamates (subject to hydrolysis) is 1. The maximum atomic E-state index is 12.3. The molecule has 0 aliphatic heterocycles. The number of carbonyl (C=O) groups excluding carboxylic acids is 2. The maximum absolute atomic E-state index is 12.3. The number of fused-ring (bicyclic) bond motifs is 3. The maximum Gasteiger partial charge on any atom is 0.407 e. The lowest BCUT2D eigenvalue weighted by Crippen LogP contribution is -2.36. The number of nitrogens with zero attached hydrogens (tertiary/aromatic N) is 1. The molecule has 0 radical (unpaired) electrons. The smallest absolute Gasteiger partial charge is 0.407 e. The zero-order chi connectivity index (χ0) is 24.2. The number of hydrogen-bond donors (Lipinski definition) is 4. The molecule has 3 aromatic rings. The number of aliphatic hydroxyl groups excluding tert-OH is 2. The molecular weight excluding hydrogens is 434 g/mol. The molecule has 0 saturated carbocycles. The molecule has 1 heterocycles. The minimum Gasteiger partial charge on any atom is -0.449 e. The molecule has 8 nitrogen and oxygen atoms in total. The van der Waals surface area contributed by atoms with E-state index in [0.717, 1.165) is 22.3 Å². The second-order valence-electron chi connectivity index (χ2n) is 8.27. The van der Waals surface area contributed by atoms with E-state index in [2.05, 4.69) is 27.8 Å². The predicted molar refractivity (Wildman–Crippen MR) is 127 cm³/mol. The number of rotatable bonds is 7. The Hall–Kier alpha value is -3.75. The molecule has 2 unspecified atom stereocenters. The van der Waals surface area contributed by atoms with Crippen LogP contribution in [0, 0.1) is 6.92 Å². The molecule has 34 heavy (non-hydrogen) atoms. The van der Waals surface area contributed by atoms with E-state index >= 15 is 0 Å². The molecule has 8 heteroatoms. The standard InChI is InChI=1S/C26H27N3O5/c1-15-17(11-12-24(28-15)29-16(2)30)25(32)23(31)13-27-26(33)34-14-22-20-9-5-3-7-18(20)19-8-4-6-10-21(19)22/h3-12,22-23,25,31-32H,13-14H2,1-2H3,(H,27,33)(H,28,29,30). The number of aryl methyl sites for hydroxylation is 1. The highest BCUT2D eigenvalue weighted by molar-refractivity contribution is 5.87. The summed E-state index contributed by atoms with van der Waals surface area (Å²) in [6.07, 6.45) is -3.22.